The highest BCUT2D eigenvalue weighted by atomic mass is 35.5. The number of halogens is 1. The molecule has 1 atom stereocenters. The summed E-state index contributed by atoms with van der Waals surface area (Å²) in [5.41, 5.74) is 4.40. The first-order valence-corrected chi connectivity index (χ1v) is 11.5. The number of carbonyl (C=O) groups is 1. The van der Waals surface area contributed by atoms with Crippen molar-refractivity contribution < 1.29 is 9.90 Å². The fourth-order valence-electron chi connectivity index (χ4n) is 4.28. The number of hydrogen-bond donors (Lipinski definition) is 1. The summed E-state index contributed by atoms with van der Waals surface area (Å²) in [6, 6.07) is 16.6. The first kappa shape index (κ1) is 22.3. The Bertz CT molecular complexity index is 1080. The average Bonchev–Trinajstić information content (AvgIpc) is 3.28. The van der Waals surface area contributed by atoms with Crippen molar-refractivity contribution in [3.63, 3.8) is 0 Å². The predicted octanol–water partition coefficient (Wildman–Crippen LogP) is 6.08. The third-order valence-electron chi connectivity index (χ3n) is 6.15. The molecule has 32 heavy (non-hydrogen) atoms. The smallest absolute Gasteiger partial charge is 0.339 e. The van der Waals surface area contributed by atoms with Crippen molar-refractivity contribution in [3.05, 3.63) is 87.7 Å². The van der Waals surface area contributed by atoms with Crippen LogP contribution in [0.5, 0.6) is 0 Å². The van der Waals surface area contributed by atoms with Crippen LogP contribution in [0.4, 0.5) is 5.95 Å². The molecule has 3 aromatic rings. The van der Waals surface area contributed by atoms with Crippen LogP contribution < -0.4 is 4.90 Å². The summed E-state index contributed by atoms with van der Waals surface area (Å²) in [6.45, 7) is 5.19. The third kappa shape index (κ3) is 4.94. The van der Waals surface area contributed by atoms with E-state index < -0.39 is 5.97 Å². The van der Waals surface area contributed by atoms with Gasteiger partial charge in [0.25, 0.3) is 0 Å². The SMILES string of the molecule is CC(C)c1ccc(CCc2nc(N3CCCC3c3ccc(Cl)cc3)ncc2C(=O)O)cc1. The van der Waals surface area contributed by atoms with Crippen molar-refractivity contribution in [2.45, 2.75) is 51.5 Å². The van der Waals surface area contributed by atoms with Gasteiger partial charge in [-0.25, -0.2) is 14.8 Å². The van der Waals surface area contributed by atoms with E-state index in [4.69, 9.17) is 16.6 Å². The van der Waals surface area contributed by atoms with Crippen LogP contribution in [0, 0.1) is 0 Å². The Hall–Kier alpha value is -2.92. The molecule has 0 bridgehead atoms. The molecule has 0 saturated carbocycles. The maximum atomic E-state index is 11.8. The van der Waals surface area contributed by atoms with E-state index in [-0.39, 0.29) is 11.6 Å². The summed E-state index contributed by atoms with van der Waals surface area (Å²) in [5, 5.41) is 10.4. The highest BCUT2D eigenvalue weighted by Gasteiger charge is 2.29. The van der Waals surface area contributed by atoms with Gasteiger partial charge in [0.2, 0.25) is 5.95 Å². The first-order chi connectivity index (χ1) is 15.4. The van der Waals surface area contributed by atoms with Crippen LogP contribution in [0.1, 0.15) is 71.4 Å². The van der Waals surface area contributed by atoms with Gasteiger partial charge in [-0.2, -0.15) is 0 Å². The summed E-state index contributed by atoms with van der Waals surface area (Å²) < 4.78 is 0. The van der Waals surface area contributed by atoms with E-state index in [2.05, 4.69) is 48.0 Å². The number of aryl methyl sites for hydroxylation is 2. The van der Waals surface area contributed by atoms with Crippen molar-refractivity contribution in [1.29, 1.82) is 0 Å². The molecule has 1 fully saturated rings. The molecule has 1 N–H and O–H groups in total. The Kier molecular flexibility index (Phi) is 6.75. The van der Waals surface area contributed by atoms with Gasteiger partial charge in [-0.3, -0.25) is 0 Å². The minimum Gasteiger partial charge on any atom is -0.478 e. The standard InChI is InChI=1S/C26H28ClN3O2/c1-17(2)19-8-5-18(6-9-19)7-14-23-22(25(31)32)16-28-26(29-23)30-15-3-4-24(30)20-10-12-21(27)13-11-20/h5-6,8-13,16-17,24H,3-4,7,14-15H2,1-2H3,(H,31,32). The second kappa shape index (κ2) is 9.70. The number of anilines is 1. The fraction of sp³-hybridized carbons (Fsp3) is 0.346. The number of carboxylic acid groups (broad SMARTS) is 1. The molecule has 4 rings (SSSR count). The minimum absolute atomic E-state index is 0.166. The van der Waals surface area contributed by atoms with E-state index in [1.807, 2.05) is 24.3 Å². The molecule has 1 aliphatic heterocycles. The zero-order valence-corrected chi connectivity index (χ0v) is 19.2. The van der Waals surface area contributed by atoms with Crippen LogP contribution in [0.3, 0.4) is 0 Å². The Morgan fingerprint density at radius 2 is 1.84 bits per heavy atom. The second-order valence-electron chi connectivity index (χ2n) is 8.63. The third-order valence-corrected chi connectivity index (χ3v) is 6.40. The Labute approximate surface area is 194 Å². The number of benzene rings is 2. The van der Waals surface area contributed by atoms with Gasteiger partial charge in [0.15, 0.2) is 0 Å². The van der Waals surface area contributed by atoms with Gasteiger partial charge >= 0.3 is 5.97 Å². The number of aromatic nitrogens is 2. The molecule has 5 nitrogen and oxygen atoms in total. The van der Waals surface area contributed by atoms with E-state index in [9.17, 15) is 9.90 Å². The molecule has 0 aliphatic carbocycles. The van der Waals surface area contributed by atoms with Crippen LogP contribution in [-0.4, -0.2) is 27.6 Å². The van der Waals surface area contributed by atoms with Crippen molar-refractivity contribution in [2.24, 2.45) is 0 Å². The molecular weight excluding hydrogens is 422 g/mol. The highest BCUT2D eigenvalue weighted by Crippen LogP contribution is 2.35. The van der Waals surface area contributed by atoms with Crippen molar-refractivity contribution in [2.75, 3.05) is 11.4 Å². The van der Waals surface area contributed by atoms with Crippen LogP contribution >= 0.6 is 11.6 Å². The largest absolute Gasteiger partial charge is 0.478 e. The van der Waals surface area contributed by atoms with E-state index in [0.717, 1.165) is 25.8 Å². The molecule has 0 radical (unpaired) electrons. The van der Waals surface area contributed by atoms with Gasteiger partial charge < -0.3 is 10.0 Å². The summed E-state index contributed by atoms with van der Waals surface area (Å²) in [4.78, 5) is 23.1. The second-order valence-corrected chi connectivity index (χ2v) is 9.07. The number of hydrogen-bond acceptors (Lipinski definition) is 4. The van der Waals surface area contributed by atoms with Crippen LogP contribution in [-0.2, 0) is 12.8 Å². The quantitative estimate of drug-likeness (QED) is 0.473. The average molecular weight is 450 g/mol. The maximum absolute atomic E-state index is 11.8. The van der Waals surface area contributed by atoms with Gasteiger partial charge in [0.1, 0.15) is 0 Å². The normalized spacial score (nSPS) is 16.0. The van der Waals surface area contributed by atoms with Crippen molar-refractivity contribution in [3.8, 4) is 0 Å². The molecule has 6 heteroatoms. The lowest BCUT2D eigenvalue weighted by molar-refractivity contribution is 0.0694. The molecular formula is C26H28ClN3O2. The zero-order chi connectivity index (χ0) is 22.7. The monoisotopic (exact) mass is 449 g/mol. The molecule has 0 amide bonds. The topological polar surface area (TPSA) is 66.3 Å². The van der Waals surface area contributed by atoms with Gasteiger partial charge in [0, 0.05) is 17.8 Å². The molecule has 1 aliphatic rings. The van der Waals surface area contributed by atoms with Crippen LogP contribution in [0.15, 0.2) is 54.7 Å². The molecule has 1 unspecified atom stereocenters. The Morgan fingerprint density at radius 1 is 1.12 bits per heavy atom. The lowest BCUT2D eigenvalue weighted by atomic mass is 9.99. The summed E-state index contributed by atoms with van der Waals surface area (Å²) in [5.74, 6) is 0.0936. The van der Waals surface area contributed by atoms with E-state index in [0.29, 0.717) is 29.0 Å². The summed E-state index contributed by atoms with van der Waals surface area (Å²) >= 11 is 6.05. The van der Waals surface area contributed by atoms with E-state index in [1.54, 1.807) is 0 Å². The molecule has 0 spiro atoms. The van der Waals surface area contributed by atoms with Crippen molar-refractivity contribution in [1.82, 2.24) is 9.97 Å². The van der Waals surface area contributed by atoms with Crippen LogP contribution in [0.2, 0.25) is 5.02 Å². The minimum atomic E-state index is -0.989. The summed E-state index contributed by atoms with van der Waals surface area (Å²) in [7, 11) is 0. The molecule has 1 saturated heterocycles. The molecule has 2 heterocycles. The molecule has 1 aromatic heterocycles. The van der Waals surface area contributed by atoms with Crippen LogP contribution in [0.25, 0.3) is 0 Å². The van der Waals surface area contributed by atoms with Crippen molar-refractivity contribution >= 4 is 23.5 Å². The highest BCUT2D eigenvalue weighted by molar-refractivity contribution is 6.30. The fourth-order valence-corrected chi connectivity index (χ4v) is 4.41. The van der Waals surface area contributed by atoms with Gasteiger partial charge in [-0.1, -0.05) is 61.8 Å². The molecule has 166 valence electrons. The number of carboxylic acids is 1. The Balaban J connectivity index is 1.57. The summed E-state index contributed by atoms with van der Waals surface area (Å²) in [6.07, 6.45) is 4.78. The van der Waals surface area contributed by atoms with E-state index >= 15 is 0 Å². The lowest BCUT2D eigenvalue weighted by Gasteiger charge is -2.25. The van der Waals surface area contributed by atoms with Gasteiger partial charge in [-0.05, 0) is 60.4 Å². The number of rotatable bonds is 7. The number of aromatic carboxylic acids is 1. The van der Waals surface area contributed by atoms with Gasteiger partial charge in [0.05, 0.1) is 17.3 Å². The lowest BCUT2D eigenvalue weighted by Crippen LogP contribution is -2.25. The number of nitrogens with zero attached hydrogens (tertiary/aromatic N) is 3. The predicted molar refractivity (Wildman–Crippen MR) is 128 cm³/mol. The van der Waals surface area contributed by atoms with E-state index in [1.165, 1.54) is 22.9 Å². The maximum Gasteiger partial charge on any atom is 0.339 e. The van der Waals surface area contributed by atoms with Gasteiger partial charge in [-0.15, -0.1) is 0 Å². The first-order valence-electron chi connectivity index (χ1n) is 11.1. The molecule has 2 aromatic carbocycles. The zero-order valence-electron chi connectivity index (χ0n) is 18.5. The Morgan fingerprint density at radius 3 is 2.50 bits per heavy atom.